The van der Waals surface area contributed by atoms with Crippen LogP contribution in [0.1, 0.15) is 0 Å². The minimum atomic E-state index is 0.627. The maximum atomic E-state index is 5.28. The Morgan fingerprint density at radius 1 is 0.291 bits per heavy atom. The van der Waals surface area contributed by atoms with E-state index in [1.807, 2.05) is 24.3 Å². The largest absolute Gasteiger partial charge is 0.308 e. The molecule has 1 aliphatic carbocycles. The zero-order valence-electron chi connectivity index (χ0n) is 29.6. The lowest BCUT2D eigenvalue weighted by Gasteiger charge is -2.16. The molecule has 0 atom stereocenters. The van der Waals surface area contributed by atoms with Crippen LogP contribution in [0.4, 0.5) is 0 Å². The van der Waals surface area contributed by atoms with Crippen LogP contribution in [0.15, 0.2) is 182 Å². The van der Waals surface area contributed by atoms with Crippen molar-refractivity contribution in [2.24, 2.45) is 0 Å². The molecular weight excluding hydrogens is 669 g/mol. The Bertz CT molecular complexity index is 3360. The van der Waals surface area contributed by atoms with E-state index in [2.05, 4.69) is 162 Å². The van der Waals surface area contributed by atoms with Crippen molar-refractivity contribution in [2.45, 2.75) is 0 Å². The summed E-state index contributed by atoms with van der Waals surface area (Å²) < 4.78 is 2.43. The molecule has 0 amide bonds. The number of benzene rings is 9. The normalized spacial score (nSPS) is 12.0. The quantitative estimate of drug-likeness (QED) is 0.168. The first-order chi connectivity index (χ1) is 27.3. The zero-order chi connectivity index (χ0) is 36.0. The van der Waals surface area contributed by atoms with Gasteiger partial charge in [0.1, 0.15) is 0 Å². The Morgan fingerprint density at radius 2 is 0.764 bits per heavy atom. The highest BCUT2D eigenvalue weighted by Gasteiger charge is 2.25. The molecule has 9 aromatic carbocycles. The third kappa shape index (κ3) is 4.43. The molecule has 254 valence electrons. The molecule has 0 aliphatic heterocycles. The van der Waals surface area contributed by atoms with Crippen molar-refractivity contribution in [3.05, 3.63) is 182 Å². The van der Waals surface area contributed by atoms with Gasteiger partial charge in [0.15, 0.2) is 17.5 Å². The molecule has 12 rings (SSSR count). The van der Waals surface area contributed by atoms with E-state index < -0.39 is 0 Å². The molecule has 4 heteroatoms. The van der Waals surface area contributed by atoms with Crippen LogP contribution in [-0.2, 0) is 0 Å². The SMILES string of the molecule is c1ccc(-c2cccc(-c3nc(-c4ccccc4)nc(-c4ccccc4-n4c5ccc6cccc7c6c5c5c6c(ccc8cccc-7c86)ccc54)n3)c2)cc1. The van der Waals surface area contributed by atoms with Crippen LogP contribution in [0, 0.1) is 0 Å². The molecule has 0 radical (unpaired) electrons. The molecule has 0 N–H and O–H groups in total. The topological polar surface area (TPSA) is 43.6 Å². The molecule has 0 bridgehead atoms. The van der Waals surface area contributed by atoms with Gasteiger partial charge in [0.25, 0.3) is 0 Å². The lowest BCUT2D eigenvalue weighted by atomic mass is 9.93. The van der Waals surface area contributed by atoms with Crippen LogP contribution < -0.4 is 0 Å². The first-order valence-corrected chi connectivity index (χ1v) is 18.7. The van der Waals surface area contributed by atoms with Crippen molar-refractivity contribution >= 4 is 54.1 Å². The number of hydrogen-bond donors (Lipinski definition) is 0. The summed E-state index contributed by atoms with van der Waals surface area (Å²) in [4.78, 5) is 15.6. The molecule has 0 saturated carbocycles. The van der Waals surface area contributed by atoms with Gasteiger partial charge in [-0.15, -0.1) is 0 Å². The fourth-order valence-electron chi connectivity index (χ4n) is 8.94. The third-order valence-corrected chi connectivity index (χ3v) is 11.3. The lowest BCUT2D eigenvalue weighted by Crippen LogP contribution is -2.03. The predicted octanol–water partition coefficient (Wildman–Crippen LogP) is 13.1. The van der Waals surface area contributed by atoms with E-state index in [0.29, 0.717) is 17.5 Å². The highest BCUT2D eigenvalue weighted by molar-refractivity contribution is 6.38. The van der Waals surface area contributed by atoms with Crippen LogP contribution in [0.2, 0.25) is 0 Å². The standard InChI is InChI=1S/C51H30N4/c1-3-12-31(13-4-1)36-18-9-19-37(30-36)50-52-49(35-14-5-2-6-15-35)53-51(54-50)40-20-7-8-23-41(40)55-42-28-26-33-17-11-22-39-38-21-10-16-32-24-25-34-27-29-43(55)48(46(34)44(32)38)47(42)45(33)39/h1-30H. The van der Waals surface area contributed by atoms with Crippen LogP contribution >= 0.6 is 0 Å². The molecule has 11 aromatic rings. The van der Waals surface area contributed by atoms with Crippen molar-refractivity contribution in [3.8, 4) is 62.1 Å². The number of para-hydroxylation sites is 1. The first-order valence-electron chi connectivity index (χ1n) is 18.7. The van der Waals surface area contributed by atoms with Gasteiger partial charge in [-0.1, -0.05) is 152 Å². The van der Waals surface area contributed by atoms with Crippen molar-refractivity contribution in [1.29, 1.82) is 0 Å². The number of nitrogens with zero attached hydrogens (tertiary/aromatic N) is 4. The highest BCUT2D eigenvalue weighted by atomic mass is 15.1. The Morgan fingerprint density at radius 3 is 1.47 bits per heavy atom. The monoisotopic (exact) mass is 698 g/mol. The van der Waals surface area contributed by atoms with E-state index in [1.54, 1.807) is 0 Å². The Hall–Kier alpha value is -7.43. The van der Waals surface area contributed by atoms with Gasteiger partial charge in [0, 0.05) is 32.8 Å². The van der Waals surface area contributed by atoms with E-state index >= 15 is 0 Å². The van der Waals surface area contributed by atoms with Gasteiger partial charge in [0.2, 0.25) is 0 Å². The van der Waals surface area contributed by atoms with Gasteiger partial charge in [0.05, 0.1) is 16.7 Å². The second kappa shape index (κ2) is 11.5. The second-order valence-corrected chi connectivity index (χ2v) is 14.4. The van der Waals surface area contributed by atoms with Crippen LogP contribution in [0.5, 0.6) is 0 Å². The van der Waals surface area contributed by atoms with E-state index in [-0.39, 0.29) is 0 Å². The summed E-state index contributed by atoms with van der Waals surface area (Å²) in [5, 5.41) is 10.2. The summed E-state index contributed by atoms with van der Waals surface area (Å²) in [7, 11) is 0. The average molecular weight is 699 g/mol. The maximum Gasteiger partial charge on any atom is 0.166 e. The van der Waals surface area contributed by atoms with Gasteiger partial charge >= 0.3 is 0 Å². The lowest BCUT2D eigenvalue weighted by molar-refractivity contribution is 1.06. The Balaban J connectivity index is 1.16. The maximum absolute atomic E-state index is 5.28. The molecule has 2 heterocycles. The fraction of sp³-hybridized carbons (Fsp3) is 0. The first kappa shape index (κ1) is 30.1. The zero-order valence-corrected chi connectivity index (χ0v) is 29.6. The summed E-state index contributed by atoms with van der Waals surface area (Å²) in [5.41, 5.74) is 11.0. The number of aromatic nitrogens is 4. The van der Waals surface area contributed by atoms with Crippen molar-refractivity contribution in [1.82, 2.24) is 19.5 Å². The van der Waals surface area contributed by atoms with Crippen LogP contribution in [0.25, 0.3) is 116 Å². The van der Waals surface area contributed by atoms with Crippen LogP contribution in [0.3, 0.4) is 0 Å². The van der Waals surface area contributed by atoms with Crippen molar-refractivity contribution in [3.63, 3.8) is 0 Å². The summed E-state index contributed by atoms with van der Waals surface area (Å²) >= 11 is 0. The Labute approximate surface area is 316 Å². The molecule has 4 nitrogen and oxygen atoms in total. The van der Waals surface area contributed by atoms with E-state index in [4.69, 9.17) is 15.0 Å². The third-order valence-electron chi connectivity index (χ3n) is 11.3. The van der Waals surface area contributed by atoms with E-state index in [1.165, 1.54) is 54.2 Å². The summed E-state index contributed by atoms with van der Waals surface area (Å²) in [6.07, 6.45) is 0. The Kier molecular flexibility index (Phi) is 6.31. The molecule has 55 heavy (non-hydrogen) atoms. The summed E-state index contributed by atoms with van der Waals surface area (Å²) in [6, 6.07) is 64.8. The fourth-order valence-corrected chi connectivity index (χ4v) is 8.94. The molecule has 0 fully saturated rings. The molecule has 1 aliphatic rings. The molecular formula is C51H30N4. The van der Waals surface area contributed by atoms with Crippen molar-refractivity contribution < 1.29 is 0 Å². The van der Waals surface area contributed by atoms with Gasteiger partial charge in [-0.2, -0.15) is 0 Å². The van der Waals surface area contributed by atoms with Gasteiger partial charge < -0.3 is 4.57 Å². The minimum Gasteiger partial charge on any atom is -0.308 e. The highest BCUT2D eigenvalue weighted by Crippen LogP contribution is 2.50. The van der Waals surface area contributed by atoms with E-state index in [0.717, 1.165) is 44.5 Å². The van der Waals surface area contributed by atoms with Crippen molar-refractivity contribution in [2.75, 3.05) is 0 Å². The van der Waals surface area contributed by atoms with Crippen LogP contribution in [-0.4, -0.2) is 19.5 Å². The minimum absolute atomic E-state index is 0.627. The summed E-state index contributed by atoms with van der Waals surface area (Å²) in [5.74, 6) is 1.90. The number of rotatable bonds is 5. The molecule has 0 spiro atoms. The molecule has 0 unspecified atom stereocenters. The number of fused-ring (bicyclic) bond motifs is 1. The van der Waals surface area contributed by atoms with Gasteiger partial charge in [-0.05, 0) is 79.5 Å². The predicted molar refractivity (Wildman–Crippen MR) is 227 cm³/mol. The van der Waals surface area contributed by atoms with E-state index in [9.17, 15) is 0 Å². The molecule has 0 saturated heterocycles. The second-order valence-electron chi connectivity index (χ2n) is 14.4. The smallest absolute Gasteiger partial charge is 0.166 e. The number of hydrogen-bond acceptors (Lipinski definition) is 3. The summed E-state index contributed by atoms with van der Waals surface area (Å²) in [6.45, 7) is 0. The van der Waals surface area contributed by atoms with Gasteiger partial charge in [-0.3, -0.25) is 0 Å². The average Bonchev–Trinajstić information content (AvgIpc) is 3.54. The van der Waals surface area contributed by atoms with Gasteiger partial charge in [-0.25, -0.2) is 15.0 Å². The molecule has 2 aromatic heterocycles.